The van der Waals surface area contributed by atoms with Crippen LogP contribution in [0.1, 0.15) is 22.3 Å². The standard InChI is InChI=1S/C14H9N4.2C12H12N2.Ru/c1-2-6-10-9(5-1)15-13(16-10)14-17-11-7-3-4-8-12(11)18-14;2*1-9-3-5-13-11(7-9)12-8-10(2)4-6-14-12;/h1-8H,(H-,15,16,17,18);2*3-8H,1-2H3;/q-1;;;+1. The van der Waals surface area contributed by atoms with Crippen molar-refractivity contribution in [2.75, 3.05) is 0 Å². The fourth-order valence-electron chi connectivity index (χ4n) is 4.78. The molecule has 0 aliphatic heterocycles. The van der Waals surface area contributed by atoms with Crippen molar-refractivity contribution in [3.05, 3.63) is 144 Å². The summed E-state index contributed by atoms with van der Waals surface area (Å²) in [6, 6.07) is 31.8. The van der Waals surface area contributed by atoms with Crippen LogP contribution in [0.4, 0.5) is 0 Å². The van der Waals surface area contributed by atoms with Crippen LogP contribution in [0.15, 0.2) is 122 Å². The second-order valence-corrected chi connectivity index (χ2v) is 11.0. The number of aryl methyl sites for hydroxylation is 4. The Balaban J connectivity index is 0.000000139. The number of rotatable bonds is 3. The first-order valence-corrected chi connectivity index (χ1v) is 15.0. The minimum Gasteiger partial charge on any atom is -0.433 e. The first-order valence-electron chi connectivity index (χ1n) is 15.0. The Bertz CT molecular complexity index is 1930. The monoisotopic (exact) mass is 703 g/mol. The van der Waals surface area contributed by atoms with Gasteiger partial charge in [0.1, 0.15) is 5.82 Å². The number of hydrogen-bond acceptors (Lipinski definition) is 6. The number of para-hydroxylation sites is 4. The summed E-state index contributed by atoms with van der Waals surface area (Å²) < 4.78 is 0. The molecule has 0 amide bonds. The van der Waals surface area contributed by atoms with E-state index < -0.39 is 0 Å². The quantitative estimate of drug-likeness (QED) is 0.185. The zero-order valence-corrected chi connectivity index (χ0v) is 28.3. The van der Waals surface area contributed by atoms with Crippen molar-refractivity contribution >= 4 is 22.1 Å². The molecule has 1 radical (unpaired) electrons. The van der Waals surface area contributed by atoms with Crippen LogP contribution in [-0.4, -0.2) is 34.9 Å². The van der Waals surface area contributed by atoms with Gasteiger partial charge in [0.2, 0.25) is 0 Å². The molecule has 0 unspecified atom stereocenters. The molecule has 0 saturated heterocycles. The number of aromatic nitrogens is 8. The van der Waals surface area contributed by atoms with Gasteiger partial charge in [0.05, 0.1) is 33.8 Å². The summed E-state index contributed by atoms with van der Waals surface area (Å²) in [5.41, 5.74) is 12.3. The van der Waals surface area contributed by atoms with Crippen molar-refractivity contribution in [2.24, 2.45) is 0 Å². The summed E-state index contributed by atoms with van der Waals surface area (Å²) in [5.74, 6) is 1.36. The normalized spacial score (nSPS) is 10.4. The third-order valence-electron chi connectivity index (χ3n) is 7.12. The summed E-state index contributed by atoms with van der Waals surface area (Å²) in [6.45, 7) is 8.23. The van der Waals surface area contributed by atoms with Gasteiger partial charge in [0, 0.05) is 24.8 Å². The molecule has 6 aromatic heterocycles. The zero-order chi connectivity index (χ0) is 31.9. The topological polar surface area (TPSA) is 107 Å². The van der Waals surface area contributed by atoms with Crippen molar-refractivity contribution in [3.63, 3.8) is 0 Å². The molecule has 47 heavy (non-hydrogen) atoms. The molecule has 8 rings (SSSR count). The summed E-state index contributed by atoms with van der Waals surface area (Å²) in [6.07, 6.45) is 7.26. The van der Waals surface area contributed by atoms with E-state index in [1.165, 1.54) is 22.3 Å². The minimum atomic E-state index is 0. The molecule has 8 aromatic rings. The van der Waals surface area contributed by atoms with E-state index in [-0.39, 0.29) is 19.5 Å². The molecule has 2 aromatic carbocycles. The van der Waals surface area contributed by atoms with Gasteiger partial charge in [-0.2, -0.15) is 0 Å². The number of hydrogen-bond donors (Lipinski definition) is 1. The van der Waals surface area contributed by atoms with E-state index in [4.69, 9.17) is 0 Å². The van der Waals surface area contributed by atoms with Gasteiger partial charge in [0.25, 0.3) is 0 Å². The summed E-state index contributed by atoms with van der Waals surface area (Å²) in [7, 11) is 0. The van der Waals surface area contributed by atoms with Crippen molar-refractivity contribution in [3.8, 4) is 34.4 Å². The van der Waals surface area contributed by atoms with Gasteiger partial charge < -0.3 is 15.0 Å². The summed E-state index contributed by atoms with van der Waals surface area (Å²) >= 11 is 0. The first-order chi connectivity index (χ1) is 22.4. The van der Waals surface area contributed by atoms with Crippen LogP contribution < -0.4 is 4.98 Å². The number of nitrogens with zero attached hydrogens (tertiary/aromatic N) is 7. The molecule has 0 bridgehead atoms. The van der Waals surface area contributed by atoms with Gasteiger partial charge in [-0.05, 0) is 127 Å². The van der Waals surface area contributed by atoms with E-state index in [0.717, 1.165) is 44.8 Å². The number of H-pyrrole nitrogens is 1. The molecule has 8 nitrogen and oxygen atoms in total. The van der Waals surface area contributed by atoms with E-state index in [0.29, 0.717) is 11.6 Å². The fraction of sp³-hybridized carbons (Fsp3) is 0.105. The molecule has 1 N–H and O–H groups in total. The third kappa shape index (κ3) is 8.45. The van der Waals surface area contributed by atoms with Crippen LogP contribution in [0, 0.1) is 27.7 Å². The average molecular weight is 703 g/mol. The Labute approximate surface area is 286 Å². The number of benzene rings is 2. The fourth-order valence-corrected chi connectivity index (χ4v) is 4.78. The summed E-state index contributed by atoms with van der Waals surface area (Å²) in [4.78, 5) is 33.8. The maximum Gasteiger partial charge on any atom is 1.00 e. The zero-order valence-electron chi connectivity index (χ0n) is 26.5. The maximum atomic E-state index is 4.50. The van der Waals surface area contributed by atoms with E-state index in [1.807, 2.05) is 122 Å². The molecule has 0 fully saturated rings. The van der Waals surface area contributed by atoms with Gasteiger partial charge in [-0.1, -0.05) is 36.4 Å². The number of fused-ring (bicyclic) bond motifs is 2. The smallest absolute Gasteiger partial charge is 0.433 e. The Morgan fingerprint density at radius 2 is 0.915 bits per heavy atom. The predicted octanol–water partition coefficient (Wildman–Crippen LogP) is 8.25. The van der Waals surface area contributed by atoms with Gasteiger partial charge in [0.15, 0.2) is 0 Å². The molecule has 0 atom stereocenters. The Hall–Kier alpha value is -5.40. The molecule has 6 heterocycles. The molecular formula is C38H33N8Ru. The van der Waals surface area contributed by atoms with E-state index in [1.54, 1.807) is 0 Å². The number of imidazole rings is 2. The molecule has 0 aliphatic rings. The van der Waals surface area contributed by atoms with Crippen molar-refractivity contribution in [1.82, 2.24) is 39.9 Å². The average Bonchev–Trinajstić information content (AvgIpc) is 3.70. The van der Waals surface area contributed by atoms with E-state index in [2.05, 4.69) is 67.6 Å². The first kappa shape index (κ1) is 33.0. The Morgan fingerprint density at radius 1 is 0.489 bits per heavy atom. The van der Waals surface area contributed by atoms with Crippen LogP contribution in [0.2, 0.25) is 0 Å². The minimum absolute atomic E-state index is 0. The number of pyridine rings is 4. The van der Waals surface area contributed by atoms with Crippen molar-refractivity contribution < 1.29 is 19.5 Å². The van der Waals surface area contributed by atoms with Crippen molar-refractivity contribution in [2.45, 2.75) is 27.7 Å². The second-order valence-electron chi connectivity index (χ2n) is 11.0. The van der Waals surface area contributed by atoms with Gasteiger partial charge in [-0.15, -0.1) is 0 Å². The summed E-state index contributed by atoms with van der Waals surface area (Å²) in [5, 5.41) is 0. The van der Waals surface area contributed by atoms with Gasteiger partial charge >= 0.3 is 19.5 Å². The maximum absolute atomic E-state index is 4.50. The second kappa shape index (κ2) is 15.3. The van der Waals surface area contributed by atoms with Crippen LogP contribution in [-0.2, 0) is 19.5 Å². The number of aromatic amines is 1. The Kier molecular flexibility index (Phi) is 10.7. The van der Waals surface area contributed by atoms with Crippen LogP contribution in [0.25, 0.3) is 56.5 Å². The predicted molar refractivity (Wildman–Crippen MR) is 184 cm³/mol. The van der Waals surface area contributed by atoms with E-state index >= 15 is 0 Å². The van der Waals surface area contributed by atoms with Gasteiger partial charge in [-0.25, -0.2) is 4.98 Å². The SMILES string of the molecule is Cc1ccnc(-c2cc(C)ccn2)c1.Cc1ccnc(-c2cc(C)ccn2)c1.[Ru+].c1ccc2[n-]c(-c3nc4ccccc4[nH]3)nc2c1. The molecule has 233 valence electrons. The van der Waals surface area contributed by atoms with Crippen LogP contribution in [0.5, 0.6) is 0 Å². The van der Waals surface area contributed by atoms with Crippen LogP contribution >= 0.6 is 0 Å². The van der Waals surface area contributed by atoms with Crippen molar-refractivity contribution in [1.29, 1.82) is 0 Å². The third-order valence-corrected chi connectivity index (χ3v) is 7.12. The van der Waals surface area contributed by atoms with Gasteiger partial charge in [-0.3, -0.25) is 19.9 Å². The van der Waals surface area contributed by atoms with E-state index in [9.17, 15) is 0 Å². The molecule has 9 heteroatoms. The molecule has 0 spiro atoms. The Morgan fingerprint density at radius 3 is 1.34 bits per heavy atom. The number of nitrogens with one attached hydrogen (secondary N) is 1. The molecular weight excluding hydrogens is 670 g/mol. The molecule has 0 aliphatic carbocycles. The van der Waals surface area contributed by atoms with Crippen LogP contribution in [0.3, 0.4) is 0 Å². The largest absolute Gasteiger partial charge is 1.00 e. The molecule has 0 saturated carbocycles.